The van der Waals surface area contributed by atoms with Crippen LogP contribution in [0.3, 0.4) is 0 Å². The fourth-order valence-corrected chi connectivity index (χ4v) is 1.48. The van der Waals surface area contributed by atoms with Gasteiger partial charge in [-0.1, -0.05) is 0 Å². The molecule has 15 heavy (non-hydrogen) atoms. The Balaban J connectivity index is 1.96. The lowest BCUT2D eigenvalue weighted by molar-refractivity contribution is -0.142. The highest BCUT2D eigenvalue weighted by Gasteiger charge is 2.17. The third kappa shape index (κ3) is 5.11. The number of amides is 1. The van der Waals surface area contributed by atoms with Crippen LogP contribution in [0.1, 0.15) is 6.42 Å². The van der Waals surface area contributed by atoms with Gasteiger partial charge in [0.1, 0.15) is 6.61 Å². The van der Waals surface area contributed by atoms with Crippen LogP contribution in [-0.4, -0.2) is 63.9 Å². The van der Waals surface area contributed by atoms with Crippen LogP contribution in [0.2, 0.25) is 0 Å². The van der Waals surface area contributed by atoms with E-state index in [1.54, 1.807) is 7.11 Å². The van der Waals surface area contributed by atoms with Crippen molar-refractivity contribution in [3.63, 3.8) is 0 Å². The Morgan fingerprint density at radius 2 is 2.40 bits per heavy atom. The van der Waals surface area contributed by atoms with Crippen molar-refractivity contribution >= 4 is 5.91 Å². The molecule has 0 aromatic rings. The Bertz CT molecular complexity index is 188. The molecular weight excluding hydrogens is 196 g/mol. The van der Waals surface area contributed by atoms with Crippen molar-refractivity contribution in [2.75, 3.05) is 53.1 Å². The van der Waals surface area contributed by atoms with E-state index in [0.29, 0.717) is 6.61 Å². The van der Waals surface area contributed by atoms with Gasteiger partial charge < -0.3 is 19.7 Å². The minimum atomic E-state index is 0.109. The van der Waals surface area contributed by atoms with Gasteiger partial charge >= 0.3 is 0 Å². The van der Waals surface area contributed by atoms with Crippen molar-refractivity contribution in [3.05, 3.63) is 0 Å². The summed E-state index contributed by atoms with van der Waals surface area (Å²) in [6, 6.07) is 0. The molecule has 0 bridgehead atoms. The summed E-state index contributed by atoms with van der Waals surface area (Å²) in [4.78, 5) is 13.2. The highest BCUT2D eigenvalue weighted by Crippen LogP contribution is 1.99. The van der Waals surface area contributed by atoms with Gasteiger partial charge in [-0.05, 0) is 13.0 Å². The lowest BCUT2D eigenvalue weighted by Gasteiger charge is -2.26. The summed E-state index contributed by atoms with van der Waals surface area (Å²) < 4.78 is 9.96. The molecule has 5 nitrogen and oxygen atoms in total. The molecule has 0 aromatic carbocycles. The first-order valence-corrected chi connectivity index (χ1v) is 5.40. The monoisotopic (exact) mass is 216 g/mol. The predicted octanol–water partition coefficient (Wildman–Crippen LogP) is -0.529. The number of carbonyl (C=O) groups excluding carboxylic acids is 1. The molecule has 1 amide bonds. The minimum Gasteiger partial charge on any atom is -0.383 e. The maximum atomic E-state index is 11.3. The van der Waals surface area contributed by atoms with E-state index < -0.39 is 0 Å². The third-order valence-electron chi connectivity index (χ3n) is 2.35. The van der Waals surface area contributed by atoms with Crippen LogP contribution < -0.4 is 5.32 Å². The third-order valence-corrected chi connectivity index (χ3v) is 2.35. The Kier molecular flexibility index (Phi) is 6.31. The summed E-state index contributed by atoms with van der Waals surface area (Å²) in [6.45, 7) is 5.00. The number of nitrogens with one attached hydrogen (secondary N) is 1. The average Bonchev–Trinajstić information content (AvgIpc) is 2.25. The fraction of sp³-hybridized carbons (Fsp3) is 0.900. The van der Waals surface area contributed by atoms with Crippen molar-refractivity contribution in [2.45, 2.75) is 6.42 Å². The van der Waals surface area contributed by atoms with Gasteiger partial charge in [0, 0.05) is 26.7 Å². The van der Waals surface area contributed by atoms with Gasteiger partial charge in [0.2, 0.25) is 5.91 Å². The first-order valence-electron chi connectivity index (χ1n) is 5.40. The van der Waals surface area contributed by atoms with Gasteiger partial charge in [-0.2, -0.15) is 0 Å². The second-order valence-corrected chi connectivity index (χ2v) is 3.53. The molecule has 1 aliphatic heterocycles. The molecule has 1 heterocycles. The normalized spacial score (nSPS) is 17.1. The molecule has 5 heteroatoms. The van der Waals surface area contributed by atoms with E-state index in [2.05, 4.69) is 5.32 Å². The zero-order valence-electron chi connectivity index (χ0n) is 9.33. The van der Waals surface area contributed by atoms with Crippen molar-refractivity contribution in [3.8, 4) is 0 Å². The van der Waals surface area contributed by atoms with E-state index in [4.69, 9.17) is 9.47 Å². The van der Waals surface area contributed by atoms with Crippen LogP contribution in [0.15, 0.2) is 0 Å². The second kappa shape index (κ2) is 7.62. The van der Waals surface area contributed by atoms with Crippen LogP contribution in [0, 0.1) is 0 Å². The van der Waals surface area contributed by atoms with Crippen LogP contribution in [0.4, 0.5) is 0 Å². The van der Waals surface area contributed by atoms with Gasteiger partial charge in [-0.15, -0.1) is 0 Å². The van der Waals surface area contributed by atoms with Gasteiger partial charge in [0.25, 0.3) is 0 Å². The van der Waals surface area contributed by atoms with Crippen LogP contribution in [0.25, 0.3) is 0 Å². The number of ether oxygens (including phenoxy) is 2. The Hall–Kier alpha value is -0.650. The molecule has 1 saturated heterocycles. The zero-order chi connectivity index (χ0) is 10.9. The molecule has 0 atom stereocenters. The number of rotatable bonds is 7. The van der Waals surface area contributed by atoms with Gasteiger partial charge in [0.15, 0.2) is 0 Å². The lowest BCUT2D eigenvalue weighted by atomic mass is 10.3. The molecule has 0 aromatic heterocycles. The predicted molar refractivity (Wildman–Crippen MR) is 56.8 cm³/mol. The van der Waals surface area contributed by atoms with Crippen molar-refractivity contribution < 1.29 is 14.3 Å². The van der Waals surface area contributed by atoms with Gasteiger partial charge in [-0.3, -0.25) is 4.79 Å². The van der Waals surface area contributed by atoms with Crippen LogP contribution >= 0.6 is 0 Å². The number of hydrogen-bond donors (Lipinski definition) is 1. The maximum Gasteiger partial charge on any atom is 0.248 e. The van der Waals surface area contributed by atoms with Gasteiger partial charge in [0.05, 0.1) is 13.2 Å². The quantitative estimate of drug-likeness (QED) is 0.581. The molecule has 1 rings (SSSR count). The SMILES string of the molecule is COCCNCCCN1CCOCC1=O. The summed E-state index contributed by atoms with van der Waals surface area (Å²) in [7, 11) is 1.69. The average molecular weight is 216 g/mol. The highest BCUT2D eigenvalue weighted by molar-refractivity contribution is 5.77. The van der Waals surface area contributed by atoms with E-state index in [0.717, 1.165) is 39.2 Å². The number of morpholine rings is 1. The number of carbonyl (C=O) groups is 1. The first-order chi connectivity index (χ1) is 7.34. The lowest BCUT2D eigenvalue weighted by Crippen LogP contribution is -2.42. The second-order valence-electron chi connectivity index (χ2n) is 3.53. The smallest absolute Gasteiger partial charge is 0.248 e. The summed E-state index contributed by atoms with van der Waals surface area (Å²) in [5, 5.41) is 3.25. The van der Waals surface area contributed by atoms with Crippen molar-refractivity contribution in [1.82, 2.24) is 10.2 Å². The van der Waals surface area contributed by atoms with E-state index >= 15 is 0 Å². The molecule has 0 unspecified atom stereocenters. The molecule has 0 aliphatic carbocycles. The van der Waals surface area contributed by atoms with Gasteiger partial charge in [-0.25, -0.2) is 0 Å². The minimum absolute atomic E-state index is 0.109. The van der Waals surface area contributed by atoms with E-state index in [9.17, 15) is 4.79 Å². The standard InChI is InChI=1S/C10H20N2O3/c1-14-7-4-11-3-2-5-12-6-8-15-9-10(12)13/h11H,2-9H2,1H3. The van der Waals surface area contributed by atoms with Crippen LogP contribution in [-0.2, 0) is 14.3 Å². The topological polar surface area (TPSA) is 50.8 Å². The van der Waals surface area contributed by atoms with Crippen molar-refractivity contribution in [1.29, 1.82) is 0 Å². The summed E-state index contributed by atoms with van der Waals surface area (Å²) in [5.41, 5.74) is 0. The largest absolute Gasteiger partial charge is 0.383 e. The molecule has 1 fully saturated rings. The molecule has 1 N–H and O–H groups in total. The summed E-state index contributed by atoms with van der Waals surface area (Å²) in [5.74, 6) is 0.109. The molecule has 88 valence electrons. The number of hydrogen-bond acceptors (Lipinski definition) is 4. The Morgan fingerprint density at radius 3 is 3.13 bits per heavy atom. The molecule has 1 aliphatic rings. The molecule has 0 spiro atoms. The number of methoxy groups -OCH3 is 1. The van der Waals surface area contributed by atoms with E-state index in [1.165, 1.54) is 0 Å². The molecule has 0 saturated carbocycles. The zero-order valence-corrected chi connectivity index (χ0v) is 9.33. The first kappa shape index (κ1) is 12.4. The maximum absolute atomic E-state index is 11.3. The highest BCUT2D eigenvalue weighted by atomic mass is 16.5. The summed E-state index contributed by atoms with van der Waals surface area (Å²) >= 11 is 0. The van der Waals surface area contributed by atoms with Crippen molar-refractivity contribution in [2.24, 2.45) is 0 Å². The van der Waals surface area contributed by atoms with E-state index in [1.807, 2.05) is 4.90 Å². The molecule has 0 radical (unpaired) electrons. The summed E-state index contributed by atoms with van der Waals surface area (Å²) in [6.07, 6.45) is 0.982. The Labute approximate surface area is 90.7 Å². The number of nitrogens with zero attached hydrogens (tertiary/aromatic N) is 1. The fourth-order valence-electron chi connectivity index (χ4n) is 1.48. The van der Waals surface area contributed by atoms with Crippen LogP contribution in [0.5, 0.6) is 0 Å². The Morgan fingerprint density at radius 1 is 1.53 bits per heavy atom. The molecular formula is C10H20N2O3. The van der Waals surface area contributed by atoms with E-state index in [-0.39, 0.29) is 12.5 Å².